The summed E-state index contributed by atoms with van der Waals surface area (Å²) in [6, 6.07) is 0. The Morgan fingerprint density at radius 3 is 1.58 bits per heavy atom. The first-order chi connectivity index (χ1) is 5.23. The summed E-state index contributed by atoms with van der Waals surface area (Å²) < 4.78 is 0. The van der Waals surface area contributed by atoms with Crippen molar-refractivity contribution < 1.29 is 5.11 Å². The molecule has 0 aromatic rings. The molecular formula is C10H20OS. The number of aliphatic hydroxyl groups is 1. The van der Waals surface area contributed by atoms with Crippen molar-refractivity contribution in [3.8, 4) is 0 Å². The van der Waals surface area contributed by atoms with Crippen LogP contribution in [0.3, 0.4) is 0 Å². The molecule has 1 aliphatic carbocycles. The lowest BCUT2D eigenvalue weighted by Crippen LogP contribution is -2.34. The van der Waals surface area contributed by atoms with Crippen LogP contribution in [0.2, 0.25) is 0 Å². The molecule has 12 heavy (non-hydrogen) atoms. The average molecular weight is 188 g/mol. The number of rotatable bonds is 0. The highest BCUT2D eigenvalue weighted by molar-refractivity contribution is 7.81. The van der Waals surface area contributed by atoms with E-state index in [4.69, 9.17) is 0 Å². The molecule has 0 amide bonds. The van der Waals surface area contributed by atoms with Crippen molar-refractivity contribution in [2.45, 2.75) is 46.0 Å². The van der Waals surface area contributed by atoms with Gasteiger partial charge in [0.15, 0.2) is 0 Å². The Labute approximate surface area is 81.0 Å². The van der Waals surface area contributed by atoms with Gasteiger partial charge in [0.05, 0.1) is 6.10 Å². The summed E-state index contributed by atoms with van der Waals surface area (Å²) in [6.45, 7) is 10.9. The van der Waals surface area contributed by atoms with Gasteiger partial charge >= 0.3 is 0 Å². The highest BCUT2D eigenvalue weighted by Gasteiger charge is 2.56. The number of hydrogen-bond donors (Lipinski definition) is 2. The van der Waals surface area contributed by atoms with Crippen LogP contribution in [-0.2, 0) is 0 Å². The van der Waals surface area contributed by atoms with Crippen LogP contribution in [0.25, 0.3) is 0 Å². The van der Waals surface area contributed by atoms with Gasteiger partial charge in [-0.15, -0.1) is 0 Å². The quantitative estimate of drug-likeness (QED) is 0.559. The minimum Gasteiger partial charge on any atom is -0.392 e. The molecular weight excluding hydrogens is 168 g/mol. The lowest BCUT2D eigenvalue weighted by Gasteiger charge is -2.39. The molecule has 1 N–H and O–H groups in total. The molecule has 0 saturated heterocycles. The van der Waals surface area contributed by atoms with Crippen LogP contribution in [0.1, 0.15) is 34.6 Å². The van der Waals surface area contributed by atoms with Crippen LogP contribution in [0, 0.1) is 16.7 Å². The molecule has 72 valence electrons. The van der Waals surface area contributed by atoms with Gasteiger partial charge in [-0.2, -0.15) is 12.6 Å². The summed E-state index contributed by atoms with van der Waals surface area (Å²) in [5.41, 5.74) is 0.272. The van der Waals surface area contributed by atoms with E-state index in [0.717, 1.165) is 0 Å². The second-order valence-electron chi connectivity index (χ2n) is 5.17. The predicted molar refractivity (Wildman–Crippen MR) is 55.5 cm³/mol. The Balaban J connectivity index is 3.06. The maximum absolute atomic E-state index is 9.86. The lowest BCUT2D eigenvalue weighted by molar-refractivity contribution is 0.0866. The Morgan fingerprint density at radius 2 is 1.50 bits per heavy atom. The maximum Gasteiger partial charge on any atom is 0.0692 e. The van der Waals surface area contributed by atoms with E-state index in [0.29, 0.717) is 5.92 Å². The summed E-state index contributed by atoms with van der Waals surface area (Å²) in [6.07, 6.45) is -0.265. The molecule has 0 aromatic heterocycles. The summed E-state index contributed by atoms with van der Waals surface area (Å²) in [7, 11) is 0. The molecule has 0 spiro atoms. The van der Waals surface area contributed by atoms with Crippen molar-refractivity contribution in [2.24, 2.45) is 16.7 Å². The third-order valence-corrected chi connectivity index (χ3v) is 5.33. The molecule has 0 heterocycles. The van der Waals surface area contributed by atoms with Gasteiger partial charge in [-0.3, -0.25) is 0 Å². The molecule has 2 heteroatoms. The molecule has 0 bridgehead atoms. The molecule has 3 atom stereocenters. The Morgan fingerprint density at radius 1 is 1.08 bits per heavy atom. The summed E-state index contributed by atoms with van der Waals surface area (Å²) in [5, 5.41) is 9.96. The van der Waals surface area contributed by atoms with Crippen LogP contribution in [0.15, 0.2) is 0 Å². The first kappa shape index (κ1) is 10.4. The van der Waals surface area contributed by atoms with E-state index in [1.807, 2.05) is 0 Å². The third-order valence-electron chi connectivity index (χ3n) is 4.37. The fourth-order valence-electron chi connectivity index (χ4n) is 2.10. The monoisotopic (exact) mass is 188 g/mol. The third kappa shape index (κ3) is 1.04. The van der Waals surface area contributed by atoms with Gasteiger partial charge in [0.1, 0.15) is 0 Å². The fourth-order valence-corrected chi connectivity index (χ4v) is 2.69. The van der Waals surface area contributed by atoms with Gasteiger partial charge in [0.2, 0.25) is 0 Å². The molecule has 1 fully saturated rings. The van der Waals surface area contributed by atoms with Crippen LogP contribution < -0.4 is 0 Å². The Kier molecular flexibility index (Phi) is 2.29. The lowest BCUT2D eigenvalue weighted by atomic mass is 9.67. The van der Waals surface area contributed by atoms with E-state index in [1.165, 1.54) is 0 Å². The van der Waals surface area contributed by atoms with E-state index >= 15 is 0 Å². The Bertz CT molecular complexity index is 166. The van der Waals surface area contributed by atoms with Crippen molar-refractivity contribution in [2.75, 3.05) is 0 Å². The average Bonchev–Trinajstić information content (AvgIpc) is 2.05. The van der Waals surface area contributed by atoms with Crippen LogP contribution in [-0.4, -0.2) is 16.5 Å². The zero-order valence-electron chi connectivity index (χ0n) is 8.63. The smallest absolute Gasteiger partial charge is 0.0692 e. The van der Waals surface area contributed by atoms with Crippen molar-refractivity contribution >= 4 is 12.6 Å². The van der Waals surface area contributed by atoms with Crippen LogP contribution in [0.5, 0.6) is 0 Å². The van der Waals surface area contributed by atoms with E-state index in [9.17, 15) is 5.11 Å². The first-order valence-corrected chi connectivity index (χ1v) is 5.10. The van der Waals surface area contributed by atoms with Crippen molar-refractivity contribution in [1.29, 1.82) is 0 Å². The normalized spacial score (nSPS) is 44.8. The van der Waals surface area contributed by atoms with Crippen molar-refractivity contribution in [3.05, 3.63) is 0 Å². The van der Waals surface area contributed by atoms with Gasteiger partial charge < -0.3 is 5.11 Å². The molecule has 0 aliphatic heterocycles. The molecule has 1 aliphatic rings. The number of hydrogen-bond acceptors (Lipinski definition) is 2. The van der Waals surface area contributed by atoms with Gasteiger partial charge in [0.25, 0.3) is 0 Å². The molecule has 0 radical (unpaired) electrons. The number of thiol groups is 1. The van der Waals surface area contributed by atoms with Gasteiger partial charge in [-0.05, 0) is 16.7 Å². The maximum atomic E-state index is 9.86. The SMILES string of the molecule is C[C@H]1[C@@H](O)[C@H](S)C(C)(C)C1(C)C. The standard InChI is InChI=1S/C10H20OS/c1-6-7(11)8(12)10(4,5)9(6,2)3/h6-8,11-12H,1-5H3/t6-,7+,8-/m0/s1. The molecule has 1 saturated carbocycles. The summed E-state index contributed by atoms with van der Waals surface area (Å²) in [5.74, 6) is 0.329. The number of aliphatic hydroxyl groups excluding tert-OH is 1. The zero-order valence-corrected chi connectivity index (χ0v) is 9.52. The van der Waals surface area contributed by atoms with Crippen LogP contribution >= 0.6 is 12.6 Å². The fraction of sp³-hybridized carbons (Fsp3) is 1.00. The molecule has 0 unspecified atom stereocenters. The molecule has 1 nitrogen and oxygen atoms in total. The van der Waals surface area contributed by atoms with Gasteiger partial charge in [-0.1, -0.05) is 34.6 Å². The zero-order chi connectivity index (χ0) is 9.73. The Hall–Kier alpha value is 0.310. The van der Waals surface area contributed by atoms with E-state index in [1.54, 1.807) is 0 Å². The van der Waals surface area contributed by atoms with Gasteiger partial charge in [-0.25, -0.2) is 0 Å². The van der Waals surface area contributed by atoms with Crippen molar-refractivity contribution in [1.82, 2.24) is 0 Å². The summed E-state index contributed by atoms with van der Waals surface area (Å²) >= 11 is 4.49. The highest BCUT2D eigenvalue weighted by Crippen LogP contribution is 2.57. The highest BCUT2D eigenvalue weighted by atomic mass is 32.1. The largest absolute Gasteiger partial charge is 0.392 e. The summed E-state index contributed by atoms with van der Waals surface area (Å²) in [4.78, 5) is 0. The van der Waals surface area contributed by atoms with Crippen LogP contribution in [0.4, 0.5) is 0 Å². The topological polar surface area (TPSA) is 20.2 Å². The van der Waals surface area contributed by atoms with Gasteiger partial charge in [0, 0.05) is 5.25 Å². The molecule has 1 rings (SSSR count). The molecule has 0 aromatic carbocycles. The second-order valence-corrected chi connectivity index (χ2v) is 5.72. The minimum atomic E-state index is -0.265. The minimum absolute atomic E-state index is 0.0995. The van der Waals surface area contributed by atoms with E-state index < -0.39 is 0 Å². The second kappa shape index (κ2) is 2.65. The first-order valence-electron chi connectivity index (χ1n) is 4.59. The van der Waals surface area contributed by atoms with Crippen molar-refractivity contribution in [3.63, 3.8) is 0 Å². The van der Waals surface area contributed by atoms with E-state index in [2.05, 4.69) is 47.2 Å². The van der Waals surface area contributed by atoms with E-state index in [-0.39, 0.29) is 22.2 Å². The predicted octanol–water partition coefficient (Wildman–Crippen LogP) is 2.35.